The summed E-state index contributed by atoms with van der Waals surface area (Å²) in [5.41, 5.74) is 2.03. The molecule has 13 heavy (non-hydrogen) atoms. The Kier molecular flexibility index (Phi) is 2.50. The van der Waals surface area contributed by atoms with Crippen molar-refractivity contribution >= 4 is 5.57 Å². The molecule has 70 valence electrons. The Labute approximate surface area is 79.7 Å². The van der Waals surface area contributed by atoms with Crippen LogP contribution in [0.2, 0.25) is 0 Å². The SMILES string of the molecule is C=C(C)c1cnc(C(C)(C)C)nc1. The number of hydrogen-bond donors (Lipinski definition) is 0. The van der Waals surface area contributed by atoms with Crippen LogP contribution in [0.15, 0.2) is 19.0 Å². The Bertz CT molecular complexity index is 304. The molecule has 0 aliphatic carbocycles. The normalized spacial score (nSPS) is 11.4. The second-order valence-electron chi connectivity index (χ2n) is 4.33. The third-order valence-corrected chi connectivity index (χ3v) is 1.82. The predicted molar refractivity (Wildman–Crippen MR) is 55.4 cm³/mol. The van der Waals surface area contributed by atoms with E-state index in [1.54, 1.807) is 0 Å². The van der Waals surface area contributed by atoms with Gasteiger partial charge in [0.1, 0.15) is 5.82 Å². The van der Waals surface area contributed by atoms with Crippen molar-refractivity contribution in [2.24, 2.45) is 0 Å². The van der Waals surface area contributed by atoms with E-state index in [4.69, 9.17) is 0 Å². The van der Waals surface area contributed by atoms with Crippen LogP contribution < -0.4 is 0 Å². The largest absolute Gasteiger partial charge is 0.240 e. The van der Waals surface area contributed by atoms with Gasteiger partial charge < -0.3 is 0 Å². The number of hydrogen-bond acceptors (Lipinski definition) is 2. The van der Waals surface area contributed by atoms with E-state index in [0.717, 1.165) is 17.0 Å². The fourth-order valence-corrected chi connectivity index (χ4v) is 0.936. The van der Waals surface area contributed by atoms with Gasteiger partial charge >= 0.3 is 0 Å². The summed E-state index contributed by atoms with van der Waals surface area (Å²) in [4.78, 5) is 8.60. The number of nitrogens with zero attached hydrogens (tertiary/aromatic N) is 2. The third-order valence-electron chi connectivity index (χ3n) is 1.82. The average Bonchev–Trinajstić information content (AvgIpc) is 2.03. The van der Waals surface area contributed by atoms with Gasteiger partial charge in [-0.25, -0.2) is 9.97 Å². The molecule has 0 radical (unpaired) electrons. The van der Waals surface area contributed by atoms with Gasteiger partial charge in [0.15, 0.2) is 0 Å². The number of rotatable bonds is 1. The summed E-state index contributed by atoms with van der Waals surface area (Å²) in [7, 11) is 0. The molecule has 1 rings (SSSR count). The van der Waals surface area contributed by atoms with Crippen molar-refractivity contribution in [1.82, 2.24) is 9.97 Å². The molecule has 0 N–H and O–H groups in total. The van der Waals surface area contributed by atoms with Gasteiger partial charge in [0.05, 0.1) is 0 Å². The van der Waals surface area contributed by atoms with Crippen LogP contribution in [0.1, 0.15) is 39.1 Å². The Hall–Kier alpha value is -1.18. The van der Waals surface area contributed by atoms with Crippen LogP contribution in [0.4, 0.5) is 0 Å². The molecule has 0 aliphatic heterocycles. The lowest BCUT2D eigenvalue weighted by Gasteiger charge is -2.15. The van der Waals surface area contributed by atoms with E-state index in [1.807, 2.05) is 19.3 Å². The van der Waals surface area contributed by atoms with Gasteiger partial charge in [-0.2, -0.15) is 0 Å². The van der Waals surface area contributed by atoms with E-state index in [2.05, 4.69) is 37.3 Å². The minimum atomic E-state index is 0.0214. The summed E-state index contributed by atoms with van der Waals surface area (Å²) >= 11 is 0. The van der Waals surface area contributed by atoms with Crippen molar-refractivity contribution < 1.29 is 0 Å². The van der Waals surface area contributed by atoms with Crippen LogP contribution in [0.3, 0.4) is 0 Å². The molecule has 0 saturated carbocycles. The fourth-order valence-electron chi connectivity index (χ4n) is 0.936. The minimum absolute atomic E-state index is 0.0214. The molecule has 2 nitrogen and oxygen atoms in total. The summed E-state index contributed by atoms with van der Waals surface area (Å²) in [6, 6.07) is 0. The summed E-state index contributed by atoms with van der Waals surface area (Å²) < 4.78 is 0. The van der Waals surface area contributed by atoms with Crippen LogP contribution in [0.5, 0.6) is 0 Å². The fraction of sp³-hybridized carbons (Fsp3) is 0.455. The number of aromatic nitrogens is 2. The topological polar surface area (TPSA) is 25.8 Å². The minimum Gasteiger partial charge on any atom is -0.240 e. The Morgan fingerprint density at radius 1 is 1.23 bits per heavy atom. The molecular formula is C11H16N2. The second kappa shape index (κ2) is 3.29. The first-order valence-corrected chi connectivity index (χ1v) is 4.39. The summed E-state index contributed by atoms with van der Waals surface area (Å²) in [6.45, 7) is 12.1. The van der Waals surface area contributed by atoms with Crippen LogP contribution >= 0.6 is 0 Å². The summed E-state index contributed by atoms with van der Waals surface area (Å²) in [5.74, 6) is 0.873. The van der Waals surface area contributed by atoms with Crippen molar-refractivity contribution in [2.75, 3.05) is 0 Å². The van der Waals surface area contributed by atoms with Crippen LogP contribution in [-0.2, 0) is 5.41 Å². The highest BCUT2D eigenvalue weighted by atomic mass is 14.9. The van der Waals surface area contributed by atoms with E-state index >= 15 is 0 Å². The van der Waals surface area contributed by atoms with E-state index in [0.29, 0.717) is 0 Å². The zero-order valence-electron chi connectivity index (χ0n) is 8.76. The van der Waals surface area contributed by atoms with E-state index in [9.17, 15) is 0 Å². The van der Waals surface area contributed by atoms with Crippen LogP contribution in [-0.4, -0.2) is 9.97 Å². The first-order chi connectivity index (χ1) is 5.91. The van der Waals surface area contributed by atoms with Gasteiger partial charge in [-0.1, -0.05) is 27.4 Å². The molecule has 0 amide bonds. The van der Waals surface area contributed by atoms with Crippen molar-refractivity contribution in [1.29, 1.82) is 0 Å². The molecule has 2 heteroatoms. The quantitative estimate of drug-likeness (QED) is 0.657. The molecule has 0 fully saturated rings. The predicted octanol–water partition coefficient (Wildman–Crippen LogP) is 2.81. The molecule has 0 atom stereocenters. The van der Waals surface area contributed by atoms with E-state index < -0.39 is 0 Å². The Morgan fingerprint density at radius 3 is 2.00 bits per heavy atom. The lowest BCUT2D eigenvalue weighted by atomic mass is 9.95. The highest BCUT2D eigenvalue weighted by Crippen LogP contribution is 2.18. The molecule has 0 aliphatic rings. The summed E-state index contributed by atoms with van der Waals surface area (Å²) in [6.07, 6.45) is 3.66. The molecule has 0 unspecified atom stereocenters. The maximum absolute atomic E-state index is 4.30. The van der Waals surface area contributed by atoms with Crippen molar-refractivity contribution in [2.45, 2.75) is 33.1 Å². The smallest absolute Gasteiger partial charge is 0.133 e. The highest BCUT2D eigenvalue weighted by Gasteiger charge is 2.16. The van der Waals surface area contributed by atoms with Crippen molar-refractivity contribution in [3.63, 3.8) is 0 Å². The zero-order valence-corrected chi connectivity index (χ0v) is 8.76. The monoisotopic (exact) mass is 176 g/mol. The third kappa shape index (κ3) is 2.38. The average molecular weight is 176 g/mol. The molecule has 0 aromatic carbocycles. The molecule has 0 saturated heterocycles. The standard InChI is InChI=1S/C11H16N2/c1-8(2)9-6-12-10(13-7-9)11(3,4)5/h6-7H,1H2,2-5H3. The first-order valence-electron chi connectivity index (χ1n) is 4.39. The Morgan fingerprint density at radius 2 is 1.69 bits per heavy atom. The molecule has 0 bridgehead atoms. The van der Waals surface area contributed by atoms with Crippen LogP contribution in [0, 0.1) is 0 Å². The first kappa shape index (κ1) is 9.90. The lowest BCUT2D eigenvalue weighted by Crippen LogP contribution is -2.15. The molecule has 1 aromatic rings. The van der Waals surface area contributed by atoms with Gasteiger partial charge in [-0.3, -0.25) is 0 Å². The van der Waals surface area contributed by atoms with Crippen LogP contribution in [0.25, 0.3) is 5.57 Å². The maximum Gasteiger partial charge on any atom is 0.133 e. The Balaban J connectivity index is 3.01. The molecule has 1 heterocycles. The highest BCUT2D eigenvalue weighted by molar-refractivity contribution is 5.59. The van der Waals surface area contributed by atoms with E-state index in [1.165, 1.54) is 0 Å². The van der Waals surface area contributed by atoms with E-state index in [-0.39, 0.29) is 5.41 Å². The summed E-state index contributed by atoms with van der Waals surface area (Å²) in [5, 5.41) is 0. The van der Waals surface area contributed by atoms with Gasteiger partial charge in [-0.05, 0) is 12.5 Å². The van der Waals surface area contributed by atoms with Gasteiger partial charge in [0, 0.05) is 23.4 Å². The van der Waals surface area contributed by atoms with Crippen molar-refractivity contribution in [3.05, 3.63) is 30.4 Å². The maximum atomic E-state index is 4.30. The zero-order chi connectivity index (χ0) is 10.1. The molecule has 1 aromatic heterocycles. The lowest BCUT2D eigenvalue weighted by molar-refractivity contribution is 0.545. The molecular weight excluding hydrogens is 160 g/mol. The second-order valence-corrected chi connectivity index (χ2v) is 4.33. The molecule has 0 spiro atoms. The van der Waals surface area contributed by atoms with Gasteiger partial charge in [0.2, 0.25) is 0 Å². The number of allylic oxidation sites excluding steroid dienone is 1. The van der Waals surface area contributed by atoms with Gasteiger partial charge in [-0.15, -0.1) is 0 Å². The van der Waals surface area contributed by atoms with Crippen molar-refractivity contribution in [3.8, 4) is 0 Å². The van der Waals surface area contributed by atoms with Gasteiger partial charge in [0.25, 0.3) is 0 Å².